The zero-order valence-corrected chi connectivity index (χ0v) is 21.9. The van der Waals surface area contributed by atoms with E-state index < -0.39 is 17.5 Å². The number of hydrogen-bond acceptors (Lipinski definition) is 7. The van der Waals surface area contributed by atoms with Gasteiger partial charge in [0, 0.05) is 10.3 Å². The summed E-state index contributed by atoms with van der Waals surface area (Å²) in [5.74, 6) is 6.03. The number of carboxylic acids is 1. The lowest BCUT2D eigenvalue weighted by Crippen LogP contribution is -2.17. The normalized spacial score (nSPS) is 15.8. The number of amides is 1. The molecule has 3 aromatic heterocycles. The lowest BCUT2D eigenvalue weighted by molar-refractivity contribution is -0.139. The molecule has 0 unspecified atom stereocenters. The molecule has 36 heavy (non-hydrogen) atoms. The first-order chi connectivity index (χ1) is 17.4. The van der Waals surface area contributed by atoms with E-state index in [0.717, 1.165) is 48.0 Å². The molecule has 0 saturated heterocycles. The first-order valence-electron chi connectivity index (χ1n) is 11.7. The fourth-order valence-electron chi connectivity index (χ4n) is 4.13. The van der Waals surface area contributed by atoms with Crippen LogP contribution in [-0.4, -0.2) is 21.5 Å². The van der Waals surface area contributed by atoms with Gasteiger partial charge in [0.2, 0.25) is 0 Å². The SMILES string of the molecule is Cc1ccccc1COC(=O)Nc1c(C#Cc2cc3cc(C4(C(=O)O)CC4)sc3s2)nsc1C1CC1. The predicted molar refractivity (Wildman–Crippen MR) is 143 cm³/mol. The second-order valence-corrected chi connectivity index (χ2v) is 12.4. The van der Waals surface area contributed by atoms with E-state index in [-0.39, 0.29) is 6.61 Å². The Morgan fingerprint density at radius 2 is 2.00 bits per heavy atom. The average molecular weight is 535 g/mol. The number of nitrogens with one attached hydrogen (secondary N) is 1. The number of aromatic nitrogens is 1. The molecular formula is C27H22N2O4S3. The van der Waals surface area contributed by atoms with Gasteiger partial charge in [-0.2, -0.15) is 4.37 Å². The van der Waals surface area contributed by atoms with Crippen molar-refractivity contribution in [3.63, 3.8) is 0 Å². The minimum Gasteiger partial charge on any atom is -0.481 e. The van der Waals surface area contributed by atoms with Gasteiger partial charge in [-0.15, -0.1) is 22.7 Å². The van der Waals surface area contributed by atoms with Gasteiger partial charge in [0.15, 0.2) is 5.69 Å². The monoisotopic (exact) mass is 534 g/mol. The molecule has 0 radical (unpaired) electrons. The molecule has 1 aromatic carbocycles. The van der Waals surface area contributed by atoms with Gasteiger partial charge in [0.05, 0.1) is 19.5 Å². The van der Waals surface area contributed by atoms with E-state index in [1.165, 1.54) is 11.5 Å². The highest BCUT2D eigenvalue weighted by atomic mass is 32.2. The van der Waals surface area contributed by atoms with E-state index in [4.69, 9.17) is 4.74 Å². The number of fused-ring (bicyclic) bond motifs is 1. The Balaban J connectivity index is 1.20. The summed E-state index contributed by atoms with van der Waals surface area (Å²) >= 11 is 4.50. The van der Waals surface area contributed by atoms with Crippen LogP contribution >= 0.6 is 34.2 Å². The van der Waals surface area contributed by atoms with Gasteiger partial charge in [0.1, 0.15) is 12.0 Å². The number of nitrogens with zero attached hydrogens (tertiary/aromatic N) is 1. The average Bonchev–Trinajstić information content (AvgIpc) is 3.75. The molecule has 4 aromatic rings. The van der Waals surface area contributed by atoms with Crippen molar-refractivity contribution in [2.45, 2.75) is 50.5 Å². The number of benzene rings is 1. The van der Waals surface area contributed by atoms with Gasteiger partial charge in [0.25, 0.3) is 0 Å². The number of rotatable bonds is 6. The van der Waals surface area contributed by atoms with Crippen LogP contribution in [0.25, 0.3) is 9.40 Å². The fraction of sp³-hybridized carbons (Fsp3) is 0.296. The molecule has 2 saturated carbocycles. The first kappa shape index (κ1) is 23.2. The number of carbonyl (C=O) groups excluding carboxylic acids is 1. The van der Waals surface area contributed by atoms with E-state index in [1.54, 1.807) is 22.7 Å². The Labute approximate surface area is 220 Å². The molecule has 182 valence electrons. The van der Waals surface area contributed by atoms with Gasteiger partial charge < -0.3 is 9.84 Å². The highest BCUT2D eigenvalue weighted by Crippen LogP contribution is 2.53. The van der Waals surface area contributed by atoms with Gasteiger partial charge in [-0.3, -0.25) is 10.1 Å². The van der Waals surface area contributed by atoms with E-state index in [0.29, 0.717) is 30.1 Å². The molecule has 6 nitrogen and oxygen atoms in total. The minimum atomic E-state index is -0.733. The lowest BCUT2D eigenvalue weighted by atomic mass is 10.1. The molecule has 0 spiro atoms. The molecule has 2 aliphatic carbocycles. The maximum atomic E-state index is 12.6. The molecule has 0 aliphatic heterocycles. The topological polar surface area (TPSA) is 88.5 Å². The van der Waals surface area contributed by atoms with Crippen molar-refractivity contribution in [3.05, 3.63) is 67.9 Å². The van der Waals surface area contributed by atoms with Crippen LogP contribution in [0, 0.1) is 18.8 Å². The van der Waals surface area contributed by atoms with Crippen LogP contribution in [-0.2, 0) is 21.6 Å². The van der Waals surface area contributed by atoms with Crippen molar-refractivity contribution in [1.29, 1.82) is 0 Å². The highest BCUT2D eigenvalue weighted by molar-refractivity contribution is 7.38. The molecule has 0 atom stereocenters. The number of hydrogen-bond donors (Lipinski definition) is 2. The van der Waals surface area contributed by atoms with Crippen molar-refractivity contribution in [2.75, 3.05) is 5.32 Å². The van der Waals surface area contributed by atoms with Crippen LogP contribution in [0.4, 0.5) is 10.5 Å². The molecule has 6 rings (SSSR count). The summed E-state index contributed by atoms with van der Waals surface area (Å²) in [5, 5.41) is 13.5. The van der Waals surface area contributed by atoms with Gasteiger partial charge in [-0.05, 0) is 85.2 Å². The van der Waals surface area contributed by atoms with E-state index in [2.05, 4.69) is 21.5 Å². The van der Waals surface area contributed by atoms with Crippen LogP contribution in [0.1, 0.15) is 63.1 Å². The summed E-state index contributed by atoms with van der Waals surface area (Å²) < 4.78 is 11.1. The maximum Gasteiger partial charge on any atom is 0.412 e. The van der Waals surface area contributed by atoms with Crippen molar-refractivity contribution in [2.24, 2.45) is 0 Å². The summed E-state index contributed by atoms with van der Waals surface area (Å²) in [5.41, 5.74) is 2.57. The Bertz CT molecular complexity index is 1530. The largest absolute Gasteiger partial charge is 0.481 e. The number of aliphatic carboxylic acids is 1. The third-order valence-corrected chi connectivity index (χ3v) is 10.2. The number of thiophene rings is 2. The van der Waals surface area contributed by atoms with Crippen LogP contribution in [0.5, 0.6) is 0 Å². The van der Waals surface area contributed by atoms with E-state index >= 15 is 0 Å². The van der Waals surface area contributed by atoms with Crippen LogP contribution in [0.15, 0.2) is 36.4 Å². The van der Waals surface area contributed by atoms with Gasteiger partial charge in [-0.1, -0.05) is 24.3 Å². The van der Waals surface area contributed by atoms with Crippen LogP contribution in [0.3, 0.4) is 0 Å². The maximum absolute atomic E-state index is 12.6. The predicted octanol–water partition coefficient (Wildman–Crippen LogP) is 6.87. The summed E-state index contributed by atoms with van der Waals surface area (Å²) in [6.45, 7) is 2.19. The van der Waals surface area contributed by atoms with Gasteiger partial charge in [-0.25, -0.2) is 4.79 Å². The Morgan fingerprint density at radius 3 is 2.69 bits per heavy atom. The number of ether oxygens (including phenoxy) is 1. The zero-order valence-electron chi connectivity index (χ0n) is 19.4. The Hall–Kier alpha value is -3.19. The molecule has 2 fully saturated rings. The fourth-order valence-corrected chi connectivity index (χ4v) is 7.62. The second-order valence-electron chi connectivity index (χ2n) is 9.27. The van der Waals surface area contributed by atoms with Crippen molar-refractivity contribution < 1.29 is 19.4 Å². The molecular weight excluding hydrogens is 513 g/mol. The third-order valence-electron chi connectivity index (χ3n) is 6.66. The molecule has 0 bridgehead atoms. The number of carbonyl (C=O) groups is 2. The van der Waals surface area contributed by atoms with Crippen LogP contribution in [0.2, 0.25) is 0 Å². The van der Waals surface area contributed by atoms with E-state index in [9.17, 15) is 14.7 Å². The van der Waals surface area contributed by atoms with Crippen molar-refractivity contribution >= 4 is 61.4 Å². The Morgan fingerprint density at radius 1 is 1.19 bits per heavy atom. The number of aryl methyl sites for hydroxylation is 1. The van der Waals surface area contributed by atoms with Crippen molar-refractivity contribution in [1.82, 2.24) is 4.37 Å². The molecule has 3 heterocycles. The van der Waals surface area contributed by atoms with E-state index in [1.807, 2.05) is 43.3 Å². The standard InChI is InChI=1S/C27H22N2O4S3/c1-15-4-2-3-5-17(15)14-33-26(32)28-22-20(29-36-23(22)16-6-7-16)9-8-19-12-18-13-21(35-24(18)34-19)27(10-11-27)25(30)31/h2-5,12-13,16H,6-7,10-11,14H2,1H3,(H,28,32)(H,30,31). The van der Waals surface area contributed by atoms with Crippen molar-refractivity contribution in [3.8, 4) is 11.8 Å². The smallest absolute Gasteiger partial charge is 0.412 e. The molecule has 1 amide bonds. The first-order valence-corrected chi connectivity index (χ1v) is 14.1. The summed E-state index contributed by atoms with van der Waals surface area (Å²) in [6, 6.07) is 11.8. The van der Waals surface area contributed by atoms with Crippen LogP contribution < -0.4 is 5.32 Å². The quantitative estimate of drug-likeness (QED) is 0.264. The summed E-state index contributed by atoms with van der Waals surface area (Å²) in [7, 11) is 0. The lowest BCUT2D eigenvalue weighted by Gasteiger charge is -2.09. The minimum absolute atomic E-state index is 0.201. The number of carboxylic acid groups (broad SMARTS) is 1. The Kier molecular flexibility index (Phi) is 5.83. The van der Waals surface area contributed by atoms with Gasteiger partial charge >= 0.3 is 12.1 Å². The summed E-state index contributed by atoms with van der Waals surface area (Å²) in [4.78, 5) is 27.1. The molecule has 9 heteroatoms. The zero-order chi connectivity index (χ0) is 24.9. The second kappa shape index (κ2) is 9.04. The number of anilines is 1. The summed E-state index contributed by atoms with van der Waals surface area (Å²) in [6.07, 6.45) is 3.07. The molecule has 2 aliphatic rings. The highest BCUT2D eigenvalue weighted by Gasteiger charge is 2.53. The third kappa shape index (κ3) is 4.41. The molecule has 2 N–H and O–H groups in total.